The molecule has 9 nitrogen and oxygen atoms in total. The topological polar surface area (TPSA) is 125 Å². The Bertz CT molecular complexity index is 1190. The molecular weight excluding hydrogens is 493 g/mol. The maximum atomic E-state index is 12.9. The van der Waals surface area contributed by atoms with E-state index in [0.717, 1.165) is 32.1 Å². The first kappa shape index (κ1) is 23.6. The van der Waals surface area contributed by atoms with E-state index < -0.39 is 27.7 Å². The summed E-state index contributed by atoms with van der Waals surface area (Å²) in [6.07, 6.45) is 4.46. The van der Waals surface area contributed by atoms with Gasteiger partial charge in [0.2, 0.25) is 15.9 Å². The summed E-state index contributed by atoms with van der Waals surface area (Å²) < 4.78 is 34.1. The standard InChI is InChI=1S/C21H21Cl2N3O6S/c22-15-8-13(26-11-19(28)24-21(26)29)9-16(23)20(15)32-14-6-7-17(27)18(10-14)33(30,31)25-12-4-2-1-3-5-12/h6-10,12,25,27H,1-5,11H2,(H,24,28,29). The zero-order valence-corrected chi connectivity index (χ0v) is 19.6. The van der Waals surface area contributed by atoms with Crippen LogP contribution in [0.2, 0.25) is 10.0 Å². The van der Waals surface area contributed by atoms with Crippen LogP contribution in [0, 0.1) is 0 Å². The molecule has 0 atom stereocenters. The van der Waals surface area contributed by atoms with Crippen LogP contribution >= 0.6 is 23.2 Å². The van der Waals surface area contributed by atoms with Gasteiger partial charge in [0.05, 0.1) is 10.0 Å². The number of aromatic hydroxyl groups is 1. The van der Waals surface area contributed by atoms with Gasteiger partial charge in [-0.1, -0.05) is 42.5 Å². The molecule has 2 aromatic carbocycles. The van der Waals surface area contributed by atoms with E-state index in [-0.39, 0.29) is 39.0 Å². The zero-order chi connectivity index (χ0) is 23.8. The molecule has 0 unspecified atom stereocenters. The molecule has 1 heterocycles. The predicted octanol–water partition coefficient (Wildman–Crippen LogP) is 4.16. The van der Waals surface area contributed by atoms with E-state index in [1.807, 2.05) is 0 Å². The fourth-order valence-corrected chi connectivity index (χ4v) is 5.81. The lowest BCUT2D eigenvalue weighted by atomic mass is 9.96. The van der Waals surface area contributed by atoms with E-state index in [1.165, 1.54) is 35.2 Å². The van der Waals surface area contributed by atoms with Gasteiger partial charge in [-0.3, -0.25) is 15.0 Å². The molecule has 0 spiro atoms. The van der Waals surface area contributed by atoms with Gasteiger partial charge in [0.15, 0.2) is 5.75 Å². The number of nitrogens with one attached hydrogen (secondary N) is 2. The summed E-state index contributed by atoms with van der Waals surface area (Å²) in [5.41, 5.74) is 0.298. The minimum Gasteiger partial charge on any atom is -0.507 e. The molecule has 0 bridgehead atoms. The van der Waals surface area contributed by atoms with E-state index in [4.69, 9.17) is 27.9 Å². The Balaban J connectivity index is 1.58. The SMILES string of the molecule is O=C1CN(c2cc(Cl)c(Oc3ccc(O)c(S(=O)(=O)NC4CCCCC4)c3)c(Cl)c2)C(=O)N1. The van der Waals surface area contributed by atoms with Crippen molar-refractivity contribution >= 4 is 50.9 Å². The maximum Gasteiger partial charge on any atom is 0.329 e. The molecule has 3 amide bonds. The van der Waals surface area contributed by atoms with Crippen LogP contribution in [-0.2, 0) is 14.8 Å². The molecule has 0 radical (unpaired) electrons. The van der Waals surface area contributed by atoms with Crippen molar-refractivity contribution in [2.24, 2.45) is 0 Å². The molecule has 0 aromatic heterocycles. The summed E-state index contributed by atoms with van der Waals surface area (Å²) in [5.74, 6) is -0.750. The number of halogens is 2. The van der Waals surface area contributed by atoms with Crippen molar-refractivity contribution in [3.8, 4) is 17.2 Å². The van der Waals surface area contributed by atoms with E-state index in [0.29, 0.717) is 5.69 Å². The number of imide groups is 1. The van der Waals surface area contributed by atoms with E-state index in [1.54, 1.807) is 0 Å². The molecule has 2 aromatic rings. The van der Waals surface area contributed by atoms with Gasteiger partial charge in [-0.2, -0.15) is 0 Å². The third-order valence-electron chi connectivity index (χ3n) is 5.46. The minimum atomic E-state index is -3.98. The molecule has 2 fully saturated rings. The average molecular weight is 514 g/mol. The monoisotopic (exact) mass is 513 g/mol. The largest absolute Gasteiger partial charge is 0.507 e. The number of hydrogen-bond donors (Lipinski definition) is 3. The Morgan fingerprint density at radius 2 is 1.73 bits per heavy atom. The van der Waals surface area contributed by atoms with Crippen LogP contribution < -0.4 is 19.7 Å². The fraction of sp³-hybridized carbons (Fsp3) is 0.333. The van der Waals surface area contributed by atoms with Gasteiger partial charge in [0, 0.05) is 17.8 Å². The van der Waals surface area contributed by atoms with Crippen LogP contribution in [0.15, 0.2) is 35.2 Å². The number of carbonyl (C=O) groups is 2. The number of carbonyl (C=O) groups excluding carboxylic acids is 2. The van der Waals surface area contributed by atoms with Gasteiger partial charge in [-0.15, -0.1) is 0 Å². The first-order valence-corrected chi connectivity index (χ1v) is 12.5. The molecule has 2 aliphatic rings. The third-order valence-corrected chi connectivity index (χ3v) is 7.57. The quantitative estimate of drug-likeness (QED) is 0.498. The van der Waals surface area contributed by atoms with Crippen molar-refractivity contribution < 1.29 is 27.9 Å². The highest BCUT2D eigenvalue weighted by atomic mass is 35.5. The second kappa shape index (κ2) is 9.38. The number of benzene rings is 2. The molecule has 1 saturated carbocycles. The van der Waals surface area contributed by atoms with Crippen molar-refractivity contribution in [3.05, 3.63) is 40.4 Å². The molecule has 1 aliphatic carbocycles. The molecule has 3 N–H and O–H groups in total. The Labute approximate surface area is 200 Å². The van der Waals surface area contributed by atoms with Crippen LogP contribution in [0.5, 0.6) is 17.2 Å². The fourth-order valence-electron chi connectivity index (χ4n) is 3.84. The summed E-state index contributed by atoms with van der Waals surface area (Å²) in [4.78, 5) is 24.2. The Hall–Kier alpha value is -2.53. The van der Waals surface area contributed by atoms with Crippen molar-refractivity contribution in [3.63, 3.8) is 0 Å². The van der Waals surface area contributed by atoms with Crippen molar-refractivity contribution in [2.45, 2.75) is 43.0 Å². The molecule has 176 valence electrons. The molecular formula is C21H21Cl2N3O6S. The summed E-state index contributed by atoms with van der Waals surface area (Å²) in [6, 6.07) is 5.81. The lowest BCUT2D eigenvalue weighted by Gasteiger charge is -2.23. The van der Waals surface area contributed by atoms with Gasteiger partial charge in [0.1, 0.15) is 22.9 Å². The number of amides is 3. The number of hydrogen-bond acceptors (Lipinski definition) is 6. The Morgan fingerprint density at radius 1 is 1.06 bits per heavy atom. The average Bonchev–Trinajstić information content (AvgIpc) is 3.10. The number of phenols is 1. The second-order valence-electron chi connectivity index (χ2n) is 7.87. The summed E-state index contributed by atoms with van der Waals surface area (Å²) >= 11 is 12.6. The predicted molar refractivity (Wildman–Crippen MR) is 123 cm³/mol. The second-order valence-corrected chi connectivity index (χ2v) is 10.4. The molecule has 4 rings (SSSR count). The number of rotatable bonds is 6. The van der Waals surface area contributed by atoms with Crippen molar-refractivity contribution in [2.75, 3.05) is 11.4 Å². The molecule has 1 saturated heterocycles. The van der Waals surface area contributed by atoms with Gasteiger partial charge in [-0.25, -0.2) is 17.9 Å². The molecule has 12 heteroatoms. The number of anilines is 1. The zero-order valence-electron chi connectivity index (χ0n) is 17.3. The van der Waals surface area contributed by atoms with Gasteiger partial charge in [-0.05, 0) is 37.1 Å². The number of ether oxygens (including phenoxy) is 1. The lowest BCUT2D eigenvalue weighted by Crippen LogP contribution is -2.36. The smallest absolute Gasteiger partial charge is 0.329 e. The highest BCUT2D eigenvalue weighted by Crippen LogP contribution is 2.41. The maximum absolute atomic E-state index is 12.9. The van der Waals surface area contributed by atoms with Gasteiger partial charge < -0.3 is 9.84 Å². The summed E-state index contributed by atoms with van der Waals surface area (Å²) in [7, 11) is -3.98. The highest BCUT2D eigenvalue weighted by molar-refractivity contribution is 7.89. The van der Waals surface area contributed by atoms with Gasteiger partial charge >= 0.3 is 6.03 Å². The van der Waals surface area contributed by atoms with Gasteiger partial charge in [0.25, 0.3) is 0 Å². The van der Waals surface area contributed by atoms with E-state index in [9.17, 15) is 23.1 Å². The summed E-state index contributed by atoms with van der Waals surface area (Å²) in [5, 5.41) is 12.4. The van der Waals surface area contributed by atoms with Crippen LogP contribution in [-0.4, -0.2) is 38.0 Å². The third kappa shape index (κ3) is 5.19. The molecule has 1 aliphatic heterocycles. The Kier molecular flexibility index (Phi) is 6.71. The summed E-state index contributed by atoms with van der Waals surface area (Å²) in [6.45, 7) is -0.168. The van der Waals surface area contributed by atoms with E-state index >= 15 is 0 Å². The van der Waals surface area contributed by atoms with Crippen molar-refractivity contribution in [1.82, 2.24) is 10.0 Å². The van der Waals surface area contributed by atoms with E-state index in [2.05, 4.69) is 10.0 Å². The number of nitrogens with zero attached hydrogens (tertiary/aromatic N) is 1. The van der Waals surface area contributed by atoms with Crippen molar-refractivity contribution in [1.29, 1.82) is 0 Å². The Morgan fingerprint density at radius 3 is 2.33 bits per heavy atom. The lowest BCUT2D eigenvalue weighted by molar-refractivity contribution is -0.117. The van der Waals surface area contributed by atoms with Crippen LogP contribution in [0.1, 0.15) is 32.1 Å². The highest BCUT2D eigenvalue weighted by Gasteiger charge is 2.29. The minimum absolute atomic E-state index is 0.0299. The number of sulfonamides is 1. The number of phenolic OH excluding ortho intramolecular Hbond substituents is 1. The van der Waals surface area contributed by atoms with Crippen LogP contribution in [0.3, 0.4) is 0 Å². The number of urea groups is 1. The van der Waals surface area contributed by atoms with Crippen LogP contribution in [0.25, 0.3) is 0 Å². The van der Waals surface area contributed by atoms with Crippen LogP contribution in [0.4, 0.5) is 10.5 Å². The first-order valence-electron chi connectivity index (χ1n) is 10.3. The normalized spacial score (nSPS) is 17.3. The molecule has 33 heavy (non-hydrogen) atoms. The first-order chi connectivity index (χ1) is 15.6.